The molecule has 0 atom stereocenters. The first-order chi connectivity index (χ1) is 9.92. The molecule has 0 amide bonds. The molecule has 1 N–H and O–H groups in total. The Balaban J connectivity index is 2.25. The molecular weight excluding hydrogens is 312 g/mol. The molecular formula is C15H13ClO4S. The lowest BCUT2D eigenvalue weighted by atomic mass is 10.0. The van der Waals surface area contributed by atoms with Gasteiger partial charge in [0.2, 0.25) is 0 Å². The number of hydrogen-bond donors (Lipinski definition) is 1. The summed E-state index contributed by atoms with van der Waals surface area (Å²) >= 11 is 5.41. The highest BCUT2D eigenvalue weighted by Gasteiger charge is 2.12. The van der Waals surface area contributed by atoms with Crippen LogP contribution in [0.15, 0.2) is 53.4 Å². The third-order valence-electron chi connectivity index (χ3n) is 3.00. The minimum atomic E-state index is -3.42. The maximum absolute atomic E-state index is 11.6. The molecule has 110 valence electrons. The molecule has 2 aromatic carbocycles. The van der Waals surface area contributed by atoms with E-state index in [9.17, 15) is 13.2 Å². The van der Waals surface area contributed by atoms with Crippen LogP contribution in [-0.2, 0) is 21.1 Å². The summed E-state index contributed by atoms with van der Waals surface area (Å²) < 4.78 is 23.2. The first-order valence-electron chi connectivity index (χ1n) is 6.12. The van der Waals surface area contributed by atoms with E-state index < -0.39 is 21.0 Å². The van der Waals surface area contributed by atoms with Gasteiger partial charge in [0.15, 0.2) is 9.84 Å². The topological polar surface area (TPSA) is 71.4 Å². The lowest BCUT2D eigenvalue weighted by Crippen LogP contribution is -2.01. The Morgan fingerprint density at radius 3 is 1.86 bits per heavy atom. The first-order valence-corrected chi connectivity index (χ1v) is 8.31. The van der Waals surface area contributed by atoms with Gasteiger partial charge in [-0.05, 0) is 28.8 Å². The molecule has 0 saturated carbocycles. The summed E-state index contributed by atoms with van der Waals surface area (Å²) in [4.78, 5) is 10.8. The molecule has 0 aliphatic carbocycles. The number of sulfone groups is 1. The Morgan fingerprint density at radius 1 is 0.952 bits per heavy atom. The van der Waals surface area contributed by atoms with Crippen molar-refractivity contribution >= 4 is 27.4 Å². The second-order valence-electron chi connectivity index (χ2n) is 4.52. The minimum absolute atomic E-state index is 0.0207. The van der Waals surface area contributed by atoms with Crippen LogP contribution in [-0.4, -0.2) is 24.7 Å². The zero-order chi connectivity index (χ0) is 15.5. The van der Waals surface area contributed by atoms with Crippen LogP contribution in [0, 0.1) is 0 Å². The fraction of sp³-hybridized carbons (Fsp3) is 0.133. The number of rotatable bonds is 5. The van der Waals surface area contributed by atoms with Crippen LogP contribution in [0.25, 0.3) is 11.1 Å². The van der Waals surface area contributed by atoms with Gasteiger partial charge in [-0.1, -0.05) is 36.4 Å². The summed E-state index contributed by atoms with van der Waals surface area (Å²) in [7, 11) is -3.42. The van der Waals surface area contributed by atoms with Crippen LogP contribution < -0.4 is 0 Å². The molecule has 4 nitrogen and oxygen atoms in total. The van der Waals surface area contributed by atoms with Gasteiger partial charge in [0.25, 0.3) is 0 Å². The zero-order valence-electron chi connectivity index (χ0n) is 11.0. The van der Waals surface area contributed by atoms with E-state index in [4.69, 9.17) is 16.7 Å². The number of benzene rings is 2. The van der Waals surface area contributed by atoms with Crippen LogP contribution in [0.3, 0.4) is 0 Å². The molecule has 0 spiro atoms. The van der Waals surface area contributed by atoms with E-state index in [0.717, 1.165) is 11.1 Å². The van der Waals surface area contributed by atoms with Gasteiger partial charge < -0.3 is 5.11 Å². The Labute approximate surface area is 127 Å². The van der Waals surface area contributed by atoms with Crippen molar-refractivity contribution in [1.29, 1.82) is 0 Å². The van der Waals surface area contributed by atoms with Gasteiger partial charge in [-0.3, -0.25) is 4.79 Å². The summed E-state index contributed by atoms with van der Waals surface area (Å²) in [5.41, 5.74) is 2.46. The monoisotopic (exact) mass is 324 g/mol. The third kappa shape index (κ3) is 3.83. The largest absolute Gasteiger partial charge is 0.481 e. The number of alkyl halides is 1. The van der Waals surface area contributed by atoms with Crippen molar-refractivity contribution in [2.75, 3.05) is 5.21 Å². The van der Waals surface area contributed by atoms with Crippen molar-refractivity contribution in [1.82, 2.24) is 0 Å². The van der Waals surface area contributed by atoms with E-state index in [0.29, 0.717) is 5.56 Å². The molecule has 2 rings (SSSR count). The highest BCUT2D eigenvalue weighted by Crippen LogP contribution is 2.22. The number of halogens is 1. The number of hydrogen-bond acceptors (Lipinski definition) is 3. The summed E-state index contributed by atoms with van der Waals surface area (Å²) in [6.07, 6.45) is -0.0207. The molecule has 0 aliphatic heterocycles. The van der Waals surface area contributed by atoms with Crippen molar-refractivity contribution in [3.05, 3.63) is 54.1 Å². The average Bonchev–Trinajstić information content (AvgIpc) is 2.47. The van der Waals surface area contributed by atoms with E-state index in [2.05, 4.69) is 0 Å². The van der Waals surface area contributed by atoms with Crippen molar-refractivity contribution < 1.29 is 18.3 Å². The Morgan fingerprint density at radius 2 is 1.43 bits per heavy atom. The Hall–Kier alpha value is -1.85. The first kappa shape index (κ1) is 15.5. The standard InChI is InChI=1S/C15H13ClO4S/c16-10-21(19,20)14-7-5-13(6-8-14)12-3-1-11(2-4-12)9-15(17)18/h1-8H,9-10H2,(H,17,18). The van der Waals surface area contributed by atoms with Crippen LogP contribution in [0.1, 0.15) is 5.56 Å². The Bertz CT molecular complexity index is 734. The van der Waals surface area contributed by atoms with Gasteiger partial charge in [-0.15, -0.1) is 11.6 Å². The lowest BCUT2D eigenvalue weighted by molar-refractivity contribution is -0.136. The van der Waals surface area contributed by atoms with Crippen LogP contribution >= 0.6 is 11.6 Å². The van der Waals surface area contributed by atoms with E-state index in [1.165, 1.54) is 12.1 Å². The molecule has 0 aliphatic rings. The smallest absolute Gasteiger partial charge is 0.307 e. The summed E-state index contributed by atoms with van der Waals surface area (Å²) in [6.45, 7) is 0. The van der Waals surface area contributed by atoms with E-state index >= 15 is 0 Å². The molecule has 0 fully saturated rings. The average molecular weight is 325 g/mol. The SMILES string of the molecule is O=C(O)Cc1ccc(-c2ccc(S(=O)(=O)CCl)cc2)cc1. The molecule has 6 heteroatoms. The molecule has 0 radical (unpaired) electrons. The zero-order valence-corrected chi connectivity index (χ0v) is 12.6. The lowest BCUT2D eigenvalue weighted by Gasteiger charge is -2.05. The second-order valence-corrected chi connectivity index (χ2v) is 7.09. The van der Waals surface area contributed by atoms with Crippen molar-refractivity contribution in [3.63, 3.8) is 0 Å². The molecule has 0 saturated heterocycles. The van der Waals surface area contributed by atoms with Crippen LogP contribution in [0.5, 0.6) is 0 Å². The fourth-order valence-corrected chi connectivity index (χ4v) is 2.96. The maximum Gasteiger partial charge on any atom is 0.307 e. The van der Waals surface area contributed by atoms with Gasteiger partial charge in [0, 0.05) is 0 Å². The quantitative estimate of drug-likeness (QED) is 0.858. The van der Waals surface area contributed by atoms with Crippen molar-refractivity contribution in [2.24, 2.45) is 0 Å². The maximum atomic E-state index is 11.6. The molecule has 0 heterocycles. The Kier molecular flexibility index (Phi) is 4.65. The molecule has 2 aromatic rings. The molecule has 0 aromatic heterocycles. The van der Waals surface area contributed by atoms with Crippen molar-refractivity contribution in [3.8, 4) is 11.1 Å². The predicted octanol–water partition coefficient (Wildman–Crippen LogP) is 2.95. The molecule has 0 bridgehead atoms. The summed E-state index contributed by atoms with van der Waals surface area (Å²) in [5.74, 6) is -0.876. The van der Waals surface area contributed by atoms with Crippen LogP contribution in [0.4, 0.5) is 0 Å². The van der Waals surface area contributed by atoms with E-state index in [-0.39, 0.29) is 11.3 Å². The van der Waals surface area contributed by atoms with Gasteiger partial charge in [0.05, 0.1) is 11.3 Å². The number of carbonyl (C=O) groups is 1. The van der Waals surface area contributed by atoms with Gasteiger partial charge >= 0.3 is 5.97 Å². The van der Waals surface area contributed by atoms with Gasteiger partial charge in [-0.25, -0.2) is 8.42 Å². The number of aliphatic carboxylic acids is 1. The third-order valence-corrected chi connectivity index (χ3v) is 5.14. The van der Waals surface area contributed by atoms with Gasteiger partial charge in [-0.2, -0.15) is 0 Å². The number of carboxylic acids is 1. The highest BCUT2D eigenvalue weighted by molar-refractivity contribution is 7.92. The van der Waals surface area contributed by atoms with Gasteiger partial charge in [0.1, 0.15) is 5.21 Å². The molecule has 21 heavy (non-hydrogen) atoms. The normalized spacial score (nSPS) is 11.3. The second kappa shape index (κ2) is 6.28. The summed E-state index contributed by atoms with van der Waals surface area (Å²) in [6, 6.07) is 13.5. The highest BCUT2D eigenvalue weighted by atomic mass is 35.5. The van der Waals surface area contributed by atoms with E-state index in [1.54, 1.807) is 24.3 Å². The summed E-state index contributed by atoms with van der Waals surface area (Å²) in [5, 5.41) is 8.27. The van der Waals surface area contributed by atoms with Crippen LogP contribution in [0.2, 0.25) is 0 Å². The van der Waals surface area contributed by atoms with Crippen molar-refractivity contribution in [2.45, 2.75) is 11.3 Å². The molecule has 0 unspecified atom stereocenters. The van der Waals surface area contributed by atoms with E-state index in [1.807, 2.05) is 12.1 Å². The minimum Gasteiger partial charge on any atom is -0.481 e. The fourth-order valence-electron chi connectivity index (χ4n) is 1.91. The predicted molar refractivity (Wildman–Crippen MR) is 81.1 cm³/mol. The number of carboxylic acid groups (broad SMARTS) is 1.